The lowest BCUT2D eigenvalue weighted by Crippen LogP contribution is -2.41. The van der Waals surface area contributed by atoms with Crippen molar-refractivity contribution in [3.63, 3.8) is 0 Å². The molecule has 2 aromatic rings. The molecular formula is C20H32N6O. The lowest BCUT2D eigenvalue weighted by molar-refractivity contribution is 0.287. The van der Waals surface area contributed by atoms with E-state index in [1.807, 2.05) is 36.9 Å². The van der Waals surface area contributed by atoms with Crippen molar-refractivity contribution in [2.45, 2.75) is 26.4 Å². The molecule has 2 N–H and O–H groups in total. The highest BCUT2D eigenvalue weighted by atomic mass is 16.5. The van der Waals surface area contributed by atoms with Crippen LogP contribution in [0.2, 0.25) is 0 Å². The van der Waals surface area contributed by atoms with Gasteiger partial charge in [-0.2, -0.15) is 5.10 Å². The number of guanidine groups is 1. The van der Waals surface area contributed by atoms with Crippen LogP contribution in [0.25, 0.3) is 0 Å². The van der Waals surface area contributed by atoms with Gasteiger partial charge in [-0.25, -0.2) is 0 Å². The van der Waals surface area contributed by atoms with Gasteiger partial charge in [0, 0.05) is 44.0 Å². The van der Waals surface area contributed by atoms with E-state index in [1.165, 1.54) is 5.56 Å². The summed E-state index contributed by atoms with van der Waals surface area (Å²) in [5.41, 5.74) is 4.55. The smallest absolute Gasteiger partial charge is 0.191 e. The van der Waals surface area contributed by atoms with Gasteiger partial charge in [0.1, 0.15) is 5.75 Å². The molecule has 0 spiro atoms. The minimum Gasteiger partial charge on any atom is -0.496 e. The molecule has 0 fully saturated rings. The quantitative estimate of drug-likeness (QED) is 0.575. The Hall–Kier alpha value is -2.54. The highest BCUT2D eigenvalue weighted by molar-refractivity contribution is 5.79. The Morgan fingerprint density at radius 2 is 1.96 bits per heavy atom. The largest absolute Gasteiger partial charge is 0.496 e. The van der Waals surface area contributed by atoms with Crippen molar-refractivity contribution >= 4 is 5.96 Å². The number of ether oxygens (including phenoxy) is 1. The number of nitrogens with zero attached hydrogens (tertiary/aromatic N) is 4. The second-order valence-corrected chi connectivity index (χ2v) is 6.80. The molecule has 27 heavy (non-hydrogen) atoms. The molecule has 1 unspecified atom stereocenters. The van der Waals surface area contributed by atoms with Crippen LogP contribution in [0.15, 0.2) is 29.3 Å². The fraction of sp³-hybridized carbons (Fsp3) is 0.500. The molecule has 7 heteroatoms. The van der Waals surface area contributed by atoms with Gasteiger partial charge < -0.3 is 20.3 Å². The standard InChI is InChI=1S/C20H32N6O/c1-14-17(15(2)26(6)24-14)12-22-20(21-3)23-13-18(25(4)5)16-10-8-9-11-19(16)27-7/h8-11,18H,12-13H2,1-7H3,(H2,21,22,23). The summed E-state index contributed by atoms with van der Waals surface area (Å²) in [6.45, 7) is 5.51. The van der Waals surface area contributed by atoms with E-state index in [0.717, 1.165) is 28.7 Å². The second kappa shape index (κ2) is 9.41. The molecule has 2 rings (SSSR count). The third-order valence-electron chi connectivity index (χ3n) is 4.90. The Balaban J connectivity index is 2.04. The van der Waals surface area contributed by atoms with Crippen molar-refractivity contribution in [3.05, 3.63) is 46.8 Å². The number of aromatic nitrogens is 2. The highest BCUT2D eigenvalue weighted by Crippen LogP contribution is 2.27. The predicted octanol–water partition coefficient (Wildman–Crippen LogP) is 2.01. The van der Waals surface area contributed by atoms with Gasteiger partial charge in [-0.15, -0.1) is 0 Å². The molecule has 0 aliphatic carbocycles. The van der Waals surface area contributed by atoms with Crippen LogP contribution in [0.3, 0.4) is 0 Å². The molecular weight excluding hydrogens is 340 g/mol. The predicted molar refractivity (Wildman–Crippen MR) is 110 cm³/mol. The van der Waals surface area contributed by atoms with E-state index in [0.29, 0.717) is 13.1 Å². The fourth-order valence-corrected chi connectivity index (χ4v) is 3.17. The highest BCUT2D eigenvalue weighted by Gasteiger charge is 2.18. The first-order chi connectivity index (χ1) is 12.9. The molecule has 1 heterocycles. The molecule has 1 aromatic carbocycles. The van der Waals surface area contributed by atoms with Gasteiger partial charge in [-0.05, 0) is 34.0 Å². The zero-order valence-corrected chi connectivity index (χ0v) is 17.5. The number of rotatable bonds is 7. The summed E-state index contributed by atoms with van der Waals surface area (Å²) in [4.78, 5) is 6.53. The second-order valence-electron chi connectivity index (χ2n) is 6.80. The minimum atomic E-state index is 0.154. The Bertz CT molecular complexity index is 781. The number of aryl methyl sites for hydroxylation is 2. The van der Waals surface area contributed by atoms with Crippen LogP contribution in [0.4, 0.5) is 0 Å². The summed E-state index contributed by atoms with van der Waals surface area (Å²) in [7, 11) is 9.59. The van der Waals surface area contributed by atoms with E-state index in [9.17, 15) is 0 Å². The van der Waals surface area contributed by atoms with Gasteiger partial charge in [0.2, 0.25) is 0 Å². The normalized spacial score (nSPS) is 13.0. The number of aliphatic imine (C=N–C) groups is 1. The van der Waals surface area contributed by atoms with Crippen LogP contribution in [0.1, 0.15) is 28.6 Å². The summed E-state index contributed by atoms with van der Waals surface area (Å²) in [5.74, 6) is 1.65. The molecule has 1 aromatic heterocycles. The summed E-state index contributed by atoms with van der Waals surface area (Å²) >= 11 is 0. The van der Waals surface area contributed by atoms with Gasteiger partial charge in [0.25, 0.3) is 0 Å². The Morgan fingerprint density at radius 1 is 1.26 bits per heavy atom. The van der Waals surface area contributed by atoms with E-state index >= 15 is 0 Å². The lowest BCUT2D eigenvalue weighted by atomic mass is 10.0. The van der Waals surface area contributed by atoms with Crippen molar-refractivity contribution in [2.24, 2.45) is 12.0 Å². The van der Waals surface area contributed by atoms with Gasteiger partial charge >= 0.3 is 0 Å². The van der Waals surface area contributed by atoms with Crippen LogP contribution >= 0.6 is 0 Å². The number of hydrogen-bond acceptors (Lipinski definition) is 4. The SMILES string of the molecule is CN=C(NCc1c(C)nn(C)c1C)NCC(c1ccccc1OC)N(C)C. The maximum atomic E-state index is 5.53. The number of benzene rings is 1. The van der Waals surface area contributed by atoms with Crippen LogP contribution < -0.4 is 15.4 Å². The Kier molecular flexibility index (Phi) is 7.24. The molecule has 0 amide bonds. The molecule has 1 atom stereocenters. The Morgan fingerprint density at radius 3 is 2.52 bits per heavy atom. The average Bonchev–Trinajstić information content (AvgIpc) is 2.90. The third-order valence-corrected chi connectivity index (χ3v) is 4.90. The maximum Gasteiger partial charge on any atom is 0.191 e. The average molecular weight is 373 g/mol. The molecule has 0 aliphatic heterocycles. The van der Waals surface area contributed by atoms with E-state index in [4.69, 9.17) is 4.74 Å². The minimum absolute atomic E-state index is 0.154. The van der Waals surface area contributed by atoms with Crippen molar-refractivity contribution < 1.29 is 4.74 Å². The van der Waals surface area contributed by atoms with Crippen molar-refractivity contribution in [1.29, 1.82) is 0 Å². The number of nitrogens with one attached hydrogen (secondary N) is 2. The first kappa shape index (κ1) is 20.8. The van der Waals surface area contributed by atoms with Crippen LogP contribution in [0, 0.1) is 13.8 Å². The van der Waals surface area contributed by atoms with Crippen molar-refractivity contribution in [3.8, 4) is 5.75 Å². The van der Waals surface area contributed by atoms with E-state index < -0.39 is 0 Å². The molecule has 0 radical (unpaired) electrons. The zero-order chi connectivity index (χ0) is 20.0. The molecule has 0 aliphatic rings. The van der Waals surface area contributed by atoms with Gasteiger partial charge in [0.15, 0.2) is 5.96 Å². The summed E-state index contributed by atoms with van der Waals surface area (Å²) in [5, 5.41) is 11.3. The van der Waals surface area contributed by atoms with Crippen LogP contribution in [-0.2, 0) is 13.6 Å². The van der Waals surface area contributed by atoms with E-state index in [-0.39, 0.29) is 6.04 Å². The zero-order valence-electron chi connectivity index (χ0n) is 17.5. The Labute approximate surface area is 162 Å². The fourth-order valence-electron chi connectivity index (χ4n) is 3.17. The van der Waals surface area contributed by atoms with Gasteiger partial charge in [-0.1, -0.05) is 18.2 Å². The van der Waals surface area contributed by atoms with Crippen LogP contribution in [-0.4, -0.2) is 55.4 Å². The van der Waals surface area contributed by atoms with E-state index in [1.54, 1.807) is 14.2 Å². The number of hydrogen-bond donors (Lipinski definition) is 2. The summed E-state index contributed by atoms with van der Waals surface area (Å²) in [6.07, 6.45) is 0. The summed E-state index contributed by atoms with van der Waals surface area (Å²) in [6, 6.07) is 8.27. The first-order valence-electron chi connectivity index (χ1n) is 9.12. The van der Waals surface area contributed by atoms with Crippen molar-refractivity contribution in [2.75, 3.05) is 34.8 Å². The third kappa shape index (κ3) is 5.01. The van der Waals surface area contributed by atoms with Crippen molar-refractivity contribution in [1.82, 2.24) is 25.3 Å². The molecule has 0 bridgehead atoms. The number of methoxy groups -OCH3 is 1. The number of para-hydroxylation sites is 1. The molecule has 148 valence electrons. The lowest BCUT2D eigenvalue weighted by Gasteiger charge is -2.27. The first-order valence-corrected chi connectivity index (χ1v) is 9.12. The van der Waals surface area contributed by atoms with Crippen LogP contribution in [0.5, 0.6) is 5.75 Å². The molecule has 7 nitrogen and oxygen atoms in total. The number of likely N-dealkylation sites (N-methyl/N-ethyl adjacent to an activating group) is 1. The van der Waals surface area contributed by atoms with E-state index in [2.05, 4.69) is 52.7 Å². The van der Waals surface area contributed by atoms with Gasteiger partial charge in [-0.3, -0.25) is 9.67 Å². The summed E-state index contributed by atoms with van der Waals surface area (Å²) < 4.78 is 7.44. The topological polar surface area (TPSA) is 66.7 Å². The molecule has 0 saturated carbocycles. The molecule has 0 saturated heterocycles. The maximum absolute atomic E-state index is 5.53. The van der Waals surface area contributed by atoms with Gasteiger partial charge in [0.05, 0.1) is 18.8 Å². The monoisotopic (exact) mass is 372 g/mol.